The Morgan fingerprint density at radius 1 is 1.16 bits per heavy atom. The Hall–Kier alpha value is -1.71. The summed E-state index contributed by atoms with van der Waals surface area (Å²) >= 11 is 0. The van der Waals surface area contributed by atoms with Gasteiger partial charge in [0, 0.05) is 19.3 Å². The third-order valence-corrected chi connectivity index (χ3v) is 8.00. The molecule has 0 aromatic carbocycles. The van der Waals surface area contributed by atoms with Crippen molar-refractivity contribution in [2.75, 3.05) is 25.9 Å². The zero-order chi connectivity index (χ0) is 22.3. The number of sulfonamides is 1. The minimum absolute atomic E-state index is 0. The van der Waals surface area contributed by atoms with E-state index in [1.807, 2.05) is 19.9 Å². The lowest BCUT2D eigenvalue weighted by Gasteiger charge is -2.29. The van der Waals surface area contributed by atoms with E-state index in [4.69, 9.17) is 0 Å². The van der Waals surface area contributed by atoms with Crippen molar-refractivity contribution in [3.05, 3.63) is 29.6 Å². The van der Waals surface area contributed by atoms with Crippen molar-refractivity contribution < 1.29 is 18.0 Å². The van der Waals surface area contributed by atoms with Gasteiger partial charge in [-0.15, -0.1) is 12.4 Å². The maximum Gasteiger partial charge on any atom is 0.255 e. The largest absolute Gasteiger partial charge is 0.333 e. The van der Waals surface area contributed by atoms with Crippen LogP contribution in [0.1, 0.15) is 55.6 Å². The first kappa shape index (κ1) is 24.9. The predicted octanol–water partition coefficient (Wildman–Crippen LogP) is 2.15. The average molecular weight is 485 g/mol. The van der Waals surface area contributed by atoms with E-state index < -0.39 is 28.0 Å². The van der Waals surface area contributed by atoms with Gasteiger partial charge in [0.05, 0.1) is 35.5 Å². The monoisotopic (exact) mass is 484 g/mol. The number of aromatic nitrogens is 1. The summed E-state index contributed by atoms with van der Waals surface area (Å²) in [6.45, 7) is 7.20. The normalized spacial score (nSPS) is 26.4. The molecule has 178 valence electrons. The molecule has 10 heteroatoms. The fourth-order valence-corrected chi connectivity index (χ4v) is 6.60. The number of pyridine rings is 1. The fraction of sp³-hybridized carbons (Fsp3) is 0.682. The third-order valence-electron chi connectivity index (χ3n) is 6.83. The number of amides is 2. The Morgan fingerprint density at radius 3 is 2.41 bits per heavy atom. The van der Waals surface area contributed by atoms with Crippen LogP contribution in [0.3, 0.4) is 0 Å². The first-order valence-electron chi connectivity index (χ1n) is 11.2. The Morgan fingerprint density at radius 2 is 1.84 bits per heavy atom. The molecular formula is C22H33ClN4O4S. The zero-order valence-electron chi connectivity index (χ0n) is 18.9. The van der Waals surface area contributed by atoms with Crippen LogP contribution in [0.15, 0.2) is 18.3 Å². The molecule has 3 fully saturated rings. The molecule has 8 nitrogen and oxygen atoms in total. The SMILES string of the molecule is CC(C)[C@H]1C(=O)N(S(C)(=O)=O)[C@H]2CCN(C(=O)c3ccc(CN4CCCCC4)nc3)[C@H]12.Cl. The minimum atomic E-state index is -3.68. The molecule has 2 amide bonds. The summed E-state index contributed by atoms with van der Waals surface area (Å²) in [5, 5.41) is 0. The molecule has 0 saturated carbocycles. The highest BCUT2D eigenvalue weighted by Crippen LogP contribution is 2.41. The number of rotatable bonds is 5. The van der Waals surface area contributed by atoms with Crippen LogP contribution in [0.25, 0.3) is 0 Å². The van der Waals surface area contributed by atoms with Gasteiger partial charge in [-0.25, -0.2) is 12.7 Å². The van der Waals surface area contributed by atoms with E-state index >= 15 is 0 Å². The molecule has 1 aromatic heterocycles. The van der Waals surface area contributed by atoms with Gasteiger partial charge in [0.1, 0.15) is 0 Å². The Kier molecular flexibility index (Phi) is 7.51. The quantitative estimate of drug-likeness (QED) is 0.636. The summed E-state index contributed by atoms with van der Waals surface area (Å²) in [7, 11) is -3.68. The van der Waals surface area contributed by atoms with Crippen LogP contribution >= 0.6 is 12.4 Å². The number of nitrogens with zero attached hydrogens (tertiary/aromatic N) is 4. The van der Waals surface area contributed by atoms with Gasteiger partial charge in [0.2, 0.25) is 15.9 Å². The Labute approximate surface area is 196 Å². The molecule has 4 heterocycles. The number of hydrogen-bond acceptors (Lipinski definition) is 6. The van der Waals surface area contributed by atoms with Gasteiger partial charge in [-0.1, -0.05) is 20.3 Å². The molecule has 0 bridgehead atoms. The number of piperidine rings is 1. The summed E-state index contributed by atoms with van der Waals surface area (Å²) in [5.41, 5.74) is 1.42. The summed E-state index contributed by atoms with van der Waals surface area (Å²) in [6.07, 6.45) is 6.87. The smallest absolute Gasteiger partial charge is 0.255 e. The lowest BCUT2D eigenvalue weighted by molar-refractivity contribution is -0.129. The van der Waals surface area contributed by atoms with E-state index in [0.29, 0.717) is 18.5 Å². The lowest BCUT2D eigenvalue weighted by atomic mass is 9.88. The maximum atomic E-state index is 13.3. The first-order chi connectivity index (χ1) is 14.7. The number of hydrogen-bond donors (Lipinski definition) is 0. The Balaban J connectivity index is 0.00000289. The molecule has 0 aliphatic carbocycles. The summed E-state index contributed by atoms with van der Waals surface area (Å²) in [6, 6.07) is 2.79. The number of likely N-dealkylation sites (tertiary alicyclic amines) is 2. The van der Waals surface area contributed by atoms with E-state index in [-0.39, 0.29) is 30.1 Å². The van der Waals surface area contributed by atoms with Crippen LogP contribution in [0, 0.1) is 11.8 Å². The molecule has 0 unspecified atom stereocenters. The Bertz CT molecular complexity index is 947. The van der Waals surface area contributed by atoms with Gasteiger partial charge in [0.15, 0.2) is 0 Å². The molecular weight excluding hydrogens is 452 g/mol. The highest BCUT2D eigenvalue weighted by molar-refractivity contribution is 7.88. The van der Waals surface area contributed by atoms with E-state index in [0.717, 1.165) is 35.9 Å². The van der Waals surface area contributed by atoms with Gasteiger partial charge in [-0.3, -0.25) is 19.5 Å². The predicted molar refractivity (Wildman–Crippen MR) is 124 cm³/mol. The van der Waals surface area contributed by atoms with Gasteiger partial charge < -0.3 is 4.90 Å². The third kappa shape index (κ3) is 4.65. The lowest BCUT2D eigenvalue weighted by Crippen LogP contribution is -2.44. The van der Waals surface area contributed by atoms with Crippen LogP contribution in [0.4, 0.5) is 0 Å². The maximum absolute atomic E-state index is 13.3. The van der Waals surface area contributed by atoms with Crippen LogP contribution in [-0.2, 0) is 21.4 Å². The highest BCUT2D eigenvalue weighted by Gasteiger charge is 2.58. The molecule has 32 heavy (non-hydrogen) atoms. The number of carbonyl (C=O) groups is 2. The molecule has 0 spiro atoms. The van der Waals surface area contributed by atoms with E-state index in [9.17, 15) is 18.0 Å². The van der Waals surface area contributed by atoms with E-state index in [2.05, 4.69) is 9.88 Å². The second kappa shape index (κ2) is 9.65. The molecule has 3 aliphatic rings. The topological polar surface area (TPSA) is 90.9 Å². The van der Waals surface area contributed by atoms with Gasteiger partial charge in [-0.2, -0.15) is 0 Å². The minimum Gasteiger partial charge on any atom is -0.333 e. The highest BCUT2D eigenvalue weighted by atomic mass is 35.5. The van der Waals surface area contributed by atoms with Crippen molar-refractivity contribution in [1.29, 1.82) is 0 Å². The van der Waals surface area contributed by atoms with Gasteiger partial charge in [-0.05, 0) is 50.4 Å². The first-order valence-corrected chi connectivity index (χ1v) is 13.0. The van der Waals surface area contributed by atoms with E-state index in [1.165, 1.54) is 19.3 Å². The standard InChI is InChI=1S/C22H32N4O4S.ClH/c1-15(2)19-20-18(26(22(19)28)31(3,29)30)9-12-25(20)21(27)16-7-8-17(23-13-16)14-24-10-5-4-6-11-24;/h7-8,13,15,18-20H,4-6,9-12,14H2,1-3H3;1H/t18-,19+,20-;/m0./s1. The van der Waals surface area contributed by atoms with Gasteiger partial charge >= 0.3 is 0 Å². The van der Waals surface area contributed by atoms with Crippen molar-refractivity contribution in [3.8, 4) is 0 Å². The number of fused-ring (bicyclic) bond motifs is 1. The van der Waals surface area contributed by atoms with Gasteiger partial charge in [0.25, 0.3) is 5.91 Å². The second-order valence-electron chi connectivity index (χ2n) is 9.39. The molecule has 3 aliphatic heterocycles. The van der Waals surface area contributed by atoms with Crippen molar-refractivity contribution >= 4 is 34.2 Å². The van der Waals surface area contributed by atoms with Crippen LogP contribution in [0.5, 0.6) is 0 Å². The summed E-state index contributed by atoms with van der Waals surface area (Å²) < 4.78 is 25.6. The van der Waals surface area contributed by atoms with Crippen molar-refractivity contribution in [2.45, 2.75) is 58.2 Å². The van der Waals surface area contributed by atoms with Crippen LogP contribution in [0.2, 0.25) is 0 Å². The van der Waals surface area contributed by atoms with Crippen molar-refractivity contribution in [1.82, 2.24) is 19.1 Å². The molecule has 0 radical (unpaired) electrons. The molecule has 3 saturated heterocycles. The van der Waals surface area contributed by atoms with Crippen LogP contribution < -0.4 is 0 Å². The van der Waals surface area contributed by atoms with Crippen molar-refractivity contribution in [2.24, 2.45) is 11.8 Å². The average Bonchev–Trinajstić information content (AvgIpc) is 3.24. The number of halogens is 1. The molecule has 4 rings (SSSR count). The fourth-order valence-electron chi connectivity index (χ4n) is 5.43. The van der Waals surface area contributed by atoms with E-state index in [1.54, 1.807) is 17.2 Å². The summed E-state index contributed by atoms with van der Waals surface area (Å²) in [5.74, 6) is -1.15. The molecule has 0 N–H and O–H groups in total. The zero-order valence-corrected chi connectivity index (χ0v) is 20.6. The second-order valence-corrected chi connectivity index (χ2v) is 11.2. The molecule has 3 atom stereocenters. The number of carbonyl (C=O) groups excluding carboxylic acids is 2. The summed E-state index contributed by atoms with van der Waals surface area (Å²) in [4.78, 5) is 34.8. The van der Waals surface area contributed by atoms with Crippen molar-refractivity contribution in [3.63, 3.8) is 0 Å². The van der Waals surface area contributed by atoms with Crippen LogP contribution in [-0.4, -0.2) is 77.3 Å². The molecule has 1 aromatic rings.